The molecule has 5 nitrogen and oxygen atoms in total. The van der Waals surface area contributed by atoms with E-state index in [1.54, 1.807) is 6.92 Å². The van der Waals surface area contributed by atoms with E-state index in [1.165, 1.54) is 0 Å². The summed E-state index contributed by atoms with van der Waals surface area (Å²) in [6.45, 7) is 6.24. The molecule has 1 rings (SSSR count). The van der Waals surface area contributed by atoms with Gasteiger partial charge in [0.05, 0.1) is 6.07 Å². The van der Waals surface area contributed by atoms with Crippen molar-refractivity contribution >= 4 is 10.0 Å². The van der Waals surface area contributed by atoms with E-state index in [9.17, 15) is 8.42 Å². The smallest absolute Gasteiger partial charge is 0.227 e. The highest BCUT2D eigenvalue weighted by molar-refractivity contribution is 7.90. The second-order valence-electron chi connectivity index (χ2n) is 5.51. The molecule has 18 heavy (non-hydrogen) atoms. The molecule has 1 aliphatic rings. The van der Waals surface area contributed by atoms with Crippen LogP contribution in [-0.4, -0.2) is 45.2 Å². The Labute approximate surface area is 110 Å². The van der Waals surface area contributed by atoms with Gasteiger partial charge in [0.25, 0.3) is 0 Å². The summed E-state index contributed by atoms with van der Waals surface area (Å²) in [5, 5.41) is 7.88. The molecular formula is C12H23N3O2S. The van der Waals surface area contributed by atoms with Crippen molar-refractivity contribution in [1.82, 2.24) is 9.62 Å². The second kappa shape index (κ2) is 6.00. The number of sulfonamides is 1. The molecule has 0 spiro atoms. The van der Waals surface area contributed by atoms with E-state index >= 15 is 0 Å². The number of likely N-dealkylation sites (tertiary alicyclic amines) is 1. The van der Waals surface area contributed by atoms with Crippen molar-refractivity contribution in [1.29, 1.82) is 5.26 Å². The minimum Gasteiger partial charge on any atom is -0.306 e. The summed E-state index contributed by atoms with van der Waals surface area (Å²) >= 11 is 0. The molecule has 0 aromatic carbocycles. The van der Waals surface area contributed by atoms with Gasteiger partial charge in [0.2, 0.25) is 10.0 Å². The first kappa shape index (κ1) is 15.4. The molecule has 1 N–H and O–H groups in total. The van der Waals surface area contributed by atoms with Crippen molar-refractivity contribution in [2.45, 2.75) is 38.4 Å². The molecule has 6 heteroatoms. The zero-order chi connectivity index (χ0) is 13.8. The third-order valence-electron chi connectivity index (χ3n) is 3.78. The van der Waals surface area contributed by atoms with Crippen molar-refractivity contribution < 1.29 is 8.42 Å². The van der Waals surface area contributed by atoms with E-state index in [0.29, 0.717) is 13.0 Å². The molecule has 0 amide bonds. The molecule has 0 saturated carbocycles. The zero-order valence-electron chi connectivity index (χ0n) is 11.4. The largest absolute Gasteiger partial charge is 0.306 e. The number of piperidine rings is 1. The van der Waals surface area contributed by atoms with Crippen LogP contribution in [0.4, 0.5) is 0 Å². The molecule has 0 radical (unpaired) electrons. The predicted molar refractivity (Wildman–Crippen MR) is 71.5 cm³/mol. The molecule has 0 aromatic rings. The Hall–Kier alpha value is -0.640. The number of rotatable bonds is 5. The van der Waals surface area contributed by atoms with Crippen molar-refractivity contribution in [2.24, 2.45) is 5.41 Å². The van der Waals surface area contributed by atoms with Gasteiger partial charge in [-0.3, -0.25) is 0 Å². The number of nitriles is 1. The Morgan fingerprint density at radius 3 is 2.44 bits per heavy atom. The van der Waals surface area contributed by atoms with Crippen LogP contribution in [0.15, 0.2) is 0 Å². The quantitative estimate of drug-likeness (QED) is 0.809. The van der Waals surface area contributed by atoms with Gasteiger partial charge in [-0.05, 0) is 44.8 Å². The fraction of sp³-hybridized carbons (Fsp3) is 0.917. The topological polar surface area (TPSA) is 73.2 Å². The summed E-state index contributed by atoms with van der Waals surface area (Å²) in [5.74, 6) is 0. The SMILES string of the molecule is CCC(C#N)S(=O)(=O)NCC1(C)CCN(C)CC1. The van der Waals surface area contributed by atoms with Crippen molar-refractivity contribution in [3.8, 4) is 6.07 Å². The fourth-order valence-corrected chi connectivity index (χ4v) is 3.42. The normalized spacial score (nSPS) is 22.3. The van der Waals surface area contributed by atoms with Crippen LogP contribution in [0.3, 0.4) is 0 Å². The van der Waals surface area contributed by atoms with Crippen LogP contribution in [0.1, 0.15) is 33.1 Å². The minimum atomic E-state index is -3.50. The van der Waals surface area contributed by atoms with Crippen LogP contribution in [0.5, 0.6) is 0 Å². The third-order valence-corrected chi connectivity index (χ3v) is 5.52. The maximum Gasteiger partial charge on any atom is 0.227 e. The molecule has 1 heterocycles. The van der Waals surface area contributed by atoms with Gasteiger partial charge in [0.1, 0.15) is 0 Å². The predicted octanol–water partition coefficient (Wildman–Crippen LogP) is 0.940. The summed E-state index contributed by atoms with van der Waals surface area (Å²) in [4.78, 5) is 2.25. The zero-order valence-corrected chi connectivity index (χ0v) is 12.3. The molecular weight excluding hydrogens is 250 g/mol. The van der Waals surface area contributed by atoms with Gasteiger partial charge in [-0.2, -0.15) is 5.26 Å². The monoisotopic (exact) mass is 273 g/mol. The molecule has 1 unspecified atom stereocenters. The van der Waals surface area contributed by atoms with E-state index < -0.39 is 15.3 Å². The molecule has 1 saturated heterocycles. The van der Waals surface area contributed by atoms with E-state index in [1.807, 2.05) is 6.07 Å². The number of nitrogens with zero attached hydrogens (tertiary/aromatic N) is 2. The van der Waals surface area contributed by atoms with Gasteiger partial charge in [0.15, 0.2) is 5.25 Å². The van der Waals surface area contributed by atoms with Gasteiger partial charge < -0.3 is 4.90 Å². The number of hydrogen-bond donors (Lipinski definition) is 1. The highest BCUT2D eigenvalue weighted by Crippen LogP contribution is 2.29. The Bertz CT molecular complexity index is 406. The van der Waals surface area contributed by atoms with Crippen LogP contribution in [-0.2, 0) is 10.0 Å². The van der Waals surface area contributed by atoms with Crippen LogP contribution in [0.2, 0.25) is 0 Å². The first-order valence-electron chi connectivity index (χ1n) is 6.39. The van der Waals surface area contributed by atoms with Crippen LogP contribution < -0.4 is 4.72 Å². The fourth-order valence-electron chi connectivity index (χ4n) is 2.09. The van der Waals surface area contributed by atoms with E-state index in [4.69, 9.17) is 5.26 Å². The van der Waals surface area contributed by atoms with Crippen molar-refractivity contribution in [3.63, 3.8) is 0 Å². The molecule has 1 aliphatic heterocycles. The average molecular weight is 273 g/mol. The van der Waals surface area contributed by atoms with Gasteiger partial charge in [-0.1, -0.05) is 13.8 Å². The lowest BCUT2D eigenvalue weighted by Gasteiger charge is -2.38. The lowest BCUT2D eigenvalue weighted by atomic mass is 9.81. The lowest BCUT2D eigenvalue weighted by molar-refractivity contribution is 0.143. The highest BCUT2D eigenvalue weighted by Gasteiger charge is 2.32. The molecule has 1 atom stereocenters. The summed E-state index contributed by atoms with van der Waals surface area (Å²) in [6, 6.07) is 1.84. The highest BCUT2D eigenvalue weighted by atomic mass is 32.2. The maximum absolute atomic E-state index is 11.9. The molecule has 1 fully saturated rings. The summed E-state index contributed by atoms with van der Waals surface area (Å²) in [6.07, 6.45) is 2.29. The third kappa shape index (κ3) is 3.94. The van der Waals surface area contributed by atoms with E-state index in [0.717, 1.165) is 25.9 Å². The summed E-state index contributed by atoms with van der Waals surface area (Å²) in [5.41, 5.74) is 0.00727. The second-order valence-corrected chi connectivity index (χ2v) is 7.45. The molecule has 0 aliphatic carbocycles. The Morgan fingerprint density at radius 1 is 1.44 bits per heavy atom. The number of hydrogen-bond acceptors (Lipinski definition) is 4. The minimum absolute atomic E-state index is 0.00727. The molecule has 0 aromatic heterocycles. The first-order valence-corrected chi connectivity index (χ1v) is 7.94. The maximum atomic E-state index is 11.9. The van der Waals surface area contributed by atoms with Crippen molar-refractivity contribution in [2.75, 3.05) is 26.7 Å². The van der Waals surface area contributed by atoms with Gasteiger partial charge >= 0.3 is 0 Å². The molecule has 0 bridgehead atoms. The number of nitrogens with one attached hydrogen (secondary N) is 1. The molecule has 104 valence electrons. The Kier molecular flexibility index (Phi) is 5.14. The lowest BCUT2D eigenvalue weighted by Crippen LogP contribution is -2.45. The van der Waals surface area contributed by atoms with Gasteiger partial charge in [-0.15, -0.1) is 0 Å². The first-order chi connectivity index (χ1) is 8.33. The summed E-state index contributed by atoms with van der Waals surface area (Å²) in [7, 11) is -1.42. The Balaban J connectivity index is 2.57. The van der Waals surface area contributed by atoms with Crippen LogP contribution >= 0.6 is 0 Å². The van der Waals surface area contributed by atoms with Crippen LogP contribution in [0, 0.1) is 16.7 Å². The van der Waals surface area contributed by atoms with E-state index in [2.05, 4.69) is 23.6 Å². The Morgan fingerprint density at radius 2 is 2.00 bits per heavy atom. The van der Waals surface area contributed by atoms with Crippen molar-refractivity contribution in [3.05, 3.63) is 0 Å². The average Bonchev–Trinajstić information content (AvgIpc) is 2.33. The summed E-state index contributed by atoms with van der Waals surface area (Å²) < 4.78 is 26.4. The van der Waals surface area contributed by atoms with Crippen LogP contribution in [0.25, 0.3) is 0 Å². The van der Waals surface area contributed by atoms with Gasteiger partial charge in [-0.25, -0.2) is 13.1 Å². The van der Waals surface area contributed by atoms with E-state index in [-0.39, 0.29) is 5.41 Å². The van der Waals surface area contributed by atoms with Gasteiger partial charge in [0, 0.05) is 6.54 Å². The standard InChI is InChI=1S/C12H23N3O2S/c1-4-11(9-13)18(16,17)14-10-12(2)5-7-15(3)8-6-12/h11,14H,4-8,10H2,1-3H3.